The van der Waals surface area contributed by atoms with Crippen LogP contribution in [0.5, 0.6) is 5.75 Å². The first-order valence-electron chi connectivity index (χ1n) is 11.6. The van der Waals surface area contributed by atoms with E-state index in [-0.39, 0.29) is 19.1 Å². The average molecular weight is 468 g/mol. The van der Waals surface area contributed by atoms with Crippen LogP contribution in [0.25, 0.3) is 0 Å². The molecule has 1 aliphatic heterocycles. The molecule has 0 bridgehead atoms. The Morgan fingerprint density at radius 1 is 1.21 bits per heavy atom. The van der Waals surface area contributed by atoms with Crippen molar-refractivity contribution < 1.29 is 39.4 Å². The van der Waals surface area contributed by atoms with Crippen molar-refractivity contribution in [1.29, 1.82) is 0 Å². The summed E-state index contributed by atoms with van der Waals surface area (Å²) in [5.74, 6) is -5.66. The minimum Gasteiger partial charge on any atom is -0.479 e. The Morgan fingerprint density at radius 3 is 2.42 bits per heavy atom. The van der Waals surface area contributed by atoms with Crippen molar-refractivity contribution in [1.82, 2.24) is 5.32 Å². The average Bonchev–Trinajstić information content (AvgIpc) is 3.28. The Bertz CT molecular complexity index is 821. The van der Waals surface area contributed by atoms with Crippen molar-refractivity contribution in [3.05, 3.63) is 29.8 Å². The van der Waals surface area contributed by atoms with Gasteiger partial charge in [0.1, 0.15) is 11.9 Å². The van der Waals surface area contributed by atoms with E-state index in [0.717, 1.165) is 31.2 Å². The number of carbonyl (C=O) groups is 1. The highest BCUT2D eigenvalue weighted by molar-refractivity contribution is 5.73. The fourth-order valence-corrected chi connectivity index (χ4v) is 4.60. The van der Waals surface area contributed by atoms with E-state index in [9.17, 15) is 25.2 Å². The Balaban J connectivity index is 2.08. The molecule has 1 aliphatic carbocycles. The summed E-state index contributed by atoms with van der Waals surface area (Å²) in [7, 11) is 0. The van der Waals surface area contributed by atoms with Crippen LogP contribution >= 0.6 is 0 Å². The summed E-state index contributed by atoms with van der Waals surface area (Å²) in [6, 6.07) is 7.23. The van der Waals surface area contributed by atoms with E-state index in [4.69, 9.17) is 14.2 Å². The zero-order valence-corrected chi connectivity index (χ0v) is 19.8. The van der Waals surface area contributed by atoms with Gasteiger partial charge in [-0.2, -0.15) is 0 Å². The lowest BCUT2D eigenvalue weighted by molar-refractivity contribution is -0.440. The number of carboxylic acid groups (broad SMARTS) is 1. The van der Waals surface area contributed by atoms with Crippen LogP contribution in [-0.4, -0.2) is 75.0 Å². The first kappa shape index (κ1) is 25.9. The van der Waals surface area contributed by atoms with E-state index < -0.39 is 41.4 Å². The lowest BCUT2D eigenvalue weighted by atomic mass is 9.87. The van der Waals surface area contributed by atoms with Crippen LogP contribution in [0.4, 0.5) is 0 Å². The SMILES string of the molecule is CCO[C@]1(CNC(C)(C)C)O[C@H](C(=O)O)[C@@H](O)[C@H](O)[C@]1(O)Oc1ccccc1C1CCCC1. The number of nitrogens with one attached hydrogen (secondary N) is 1. The van der Waals surface area contributed by atoms with Crippen molar-refractivity contribution >= 4 is 5.97 Å². The third kappa shape index (κ3) is 5.18. The summed E-state index contributed by atoms with van der Waals surface area (Å²) in [6.07, 6.45) is -1.68. The molecule has 0 spiro atoms. The molecule has 1 saturated carbocycles. The molecular formula is C24H37NO8. The third-order valence-electron chi connectivity index (χ3n) is 6.35. The predicted octanol–water partition coefficient (Wildman–Crippen LogP) is 1.74. The fourth-order valence-electron chi connectivity index (χ4n) is 4.60. The minimum absolute atomic E-state index is 0.0247. The minimum atomic E-state index is -2.61. The molecule has 0 radical (unpaired) electrons. The van der Waals surface area contributed by atoms with Crippen LogP contribution in [0, 0.1) is 0 Å². The van der Waals surface area contributed by atoms with Crippen LogP contribution in [0.15, 0.2) is 24.3 Å². The molecule has 0 amide bonds. The highest BCUT2D eigenvalue weighted by atomic mass is 16.8. The number of carboxylic acids is 1. The van der Waals surface area contributed by atoms with Crippen molar-refractivity contribution in [2.45, 2.75) is 94.7 Å². The summed E-state index contributed by atoms with van der Waals surface area (Å²) in [5, 5.41) is 46.2. The van der Waals surface area contributed by atoms with Gasteiger partial charge in [-0.25, -0.2) is 4.79 Å². The Labute approximate surface area is 194 Å². The number of ether oxygens (including phenoxy) is 3. The summed E-state index contributed by atoms with van der Waals surface area (Å²) in [4.78, 5) is 11.8. The molecule has 2 aliphatic rings. The molecule has 9 nitrogen and oxygen atoms in total. The number of aliphatic carboxylic acids is 1. The second-order valence-electron chi connectivity index (χ2n) is 9.92. The van der Waals surface area contributed by atoms with Crippen molar-refractivity contribution in [2.75, 3.05) is 13.2 Å². The van der Waals surface area contributed by atoms with Crippen LogP contribution in [-0.2, 0) is 14.3 Å². The van der Waals surface area contributed by atoms with Gasteiger partial charge >= 0.3 is 5.97 Å². The zero-order valence-electron chi connectivity index (χ0n) is 19.8. The largest absolute Gasteiger partial charge is 0.479 e. The molecule has 1 heterocycles. The molecular weight excluding hydrogens is 430 g/mol. The van der Waals surface area contributed by atoms with Crippen LogP contribution in [0.2, 0.25) is 0 Å². The molecule has 0 unspecified atom stereocenters. The van der Waals surface area contributed by atoms with Crippen LogP contribution in [0.3, 0.4) is 0 Å². The summed E-state index contributed by atoms with van der Waals surface area (Å²) in [5.41, 5.74) is 0.412. The third-order valence-corrected chi connectivity index (χ3v) is 6.35. The van der Waals surface area contributed by atoms with Gasteiger partial charge in [-0.1, -0.05) is 31.0 Å². The quantitative estimate of drug-likeness (QED) is 0.362. The van der Waals surface area contributed by atoms with Gasteiger partial charge in [0.25, 0.3) is 11.6 Å². The van der Waals surface area contributed by atoms with E-state index in [0.29, 0.717) is 5.75 Å². The predicted molar refractivity (Wildman–Crippen MR) is 120 cm³/mol. The summed E-state index contributed by atoms with van der Waals surface area (Å²) < 4.78 is 17.7. The number of para-hydroxylation sites is 1. The van der Waals surface area contributed by atoms with E-state index >= 15 is 0 Å². The Hall–Kier alpha value is -1.75. The van der Waals surface area contributed by atoms with Gasteiger partial charge in [0, 0.05) is 12.1 Å². The monoisotopic (exact) mass is 467 g/mol. The fraction of sp³-hybridized carbons (Fsp3) is 0.708. The highest BCUT2D eigenvalue weighted by Gasteiger charge is 2.69. The van der Waals surface area contributed by atoms with Crippen molar-refractivity contribution in [3.8, 4) is 5.75 Å². The lowest BCUT2D eigenvalue weighted by Gasteiger charge is -2.54. The lowest BCUT2D eigenvalue weighted by Crippen LogP contribution is -2.79. The second kappa shape index (κ2) is 9.85. The Morgan fingerprint density at radius 2 is 1.85 bits per heavy atom. The molecule has 0 aromatic heterocycles. The van der Waals surface area contributed by atoms with Gasteiger partial charge in [0.05, 0.1) is 6.54 Å². The Kier molecular flexibility index (Phi) is 7.72. The van der Waals surface area contributed by atoms with Crippen LogP contribution < -0.4 is 10.1 Å². The number of aliphatic hydroxyl groups is 3. The smallest absolute Gasteiger partial charge is 0.335 e. The van der Waals surface area contributed by atoms with Gasteiger partial charge in [-0.05, 0) is 58.1 Å². The van der Waals surface area contributed by atoms with Gasteiger partial charge < -0.3 is 40.0 Å². The second-order valence-corrected chi connectivity index (χ2v) is 9.92. The van der Waals surface area contributed by atoms with Gasteiger partial charge in [0.15, 0.2) is 12.2 Å². The standard InChI is InChI=1S/C24H37NO8/c1-5-31-23(14-25-22(2,3)4)24(30,20(27)18(26)19(33-23)21(28)29)32-17-13-9-8-12-16(17)15-10-6-7-11-15/h8-9,12-13,15,18-20,25-27,30H,5-7,10-11,14H2,1-4H3,(H,28,29)/t18-,19+,20+,23-,24+/m1/s1. The summed E-state index contributed by atoms with van der Waals surface area (Å²) >= 11 is 0. The van der Waals surface area contributed by atoms with Gasteiger partial charge in [0.2, 0.25) is 0 Å². The molecule has 33 heavy (non-hydrogen) atoms. The molecule has 5 N–H and O–H groups in total. The molecule has 2 fully saturated rings. The van der Waals surface area contributed by atoms with E-state index in [1.807, 2.05) is 32.9 Å². The van der Waals surface area contributed by atoms with E-state index in [1.54, 1.807) is 19.1 Å². The molecule has 186 valence electrons. The zero-order chi connectivity index (χ0) is 24.4. The molecule has 1 saturated heterocycles. The molecule has 5 atom stereocenters. The molecule has 1 aromatic carbocycles. The molecule has 9 heteroatoms. The number of aliphatic hydroxyl groups excluding tert-OH is 2. The topological polar surface area (TPSA) is 138 Å². The number of rotatable bonds is 8. The van der Waals surface area contributed by atoms with Gasteiger partial charge in [-0.3, -0.25) is 0 Å². The molecule has 3 rings (SSSR count). The maximum atomic E-state index is 11.9. The number of hydrogen-bond acceptors (Lipinski definition) is 8. The van der Waals surface area contributed by atoms with E-state index in [2.05, 4.69) is 5.32 Å². The van der Waals surface area contributed by atoms with Crippen molar-refractivity contribution in [2.24, 2.45) is 0 Å². The first-order chi connectivity index (χ1) is 15.4. The maximum Gasteiger partial charge on any atom is 0.335 e. The maximum absolute atomic E-state index is 11.9. The summed E-state index contributed by atoms with van der Waals surface area (Å²) in [6.45, 7) is 7.11. The normalized spacial score (nSPS) is 33.2. The van der Waals surface area contributed by atoms with E-state index in [1.165, 1.54) is 0 Å². The van der Waals surface area contributed by atoms with Crippen LogP contribution in [0.1, 0.15) is 64.9 Å². The van der Waals surface area contributed by atoms with Gasteiger partial charge in [-0.15, -0.1) is 0 Å². The highest BCUT2D eigenvalue weighted by Crippen LogP contribution is 2.44. The number of hydrogen-bond donors (Lipinski definition) is 5. The molecule has 1 aromatic rings. The van der Waals surface area contributed by atoms with Crippen molar-refractivity contribution in [3.63, 3.8) is 0 Å². The first-order valence-corrected chi connectivity index (χ1v) is 11.6. The number of benzene rings is 1.